The van der Waals surface area contributed by atoms with E-state index >= 15 is 0 Å². The molecule has 0 N–H and O–H groups in total. The fourth-order valence-electron chi connectivity index (χ4n) is 3.18. The van der Waals surface area contributed by atoms with Crippen LogP contribution in [0.5, 0.6) is 0 Å². The third kappa shape index (κ3) is 13.3. The lowest BCUT2D eigenvalue weighted by molar-refractivity contribution is -0.162. The lowest BCUT2D eigenvalue weighted by Gasteiger charge is -2.22. The molecule has 152 valence electrons. The van der Waals surface area contributed by atoms with E-state index in [1.165, 1.54) is 51.4 Å². The van der Waals surface area contributed by atoms with E-state index in [0.717, 1.165) is 38.9 Å². The van der Waals surface area contributed by atoms with Crippen LogP contribution in [0.4, 0.5) is 0 Å². The fraction of sp³-hybridized carbons (Fsp3) is 0.905. The van der Waals surface area contributed by atoms with Gasteiger partial charge in [-0.3, -0.25) is 9.59 Å². The second kappa shape index (κ2) is 16.2. The molecule has 1 fully saturated rings. The van der Waals surface area contributed by atoms with Gasteiger partial charge in [-0.15, -0.1) is 0 Å². The highest BCUT2D eigenvalue weighted by molar-refractivity contribution is 5.95. The van der Waals surface area contributed by atoms with Gasteiger partial charge in [-0.25, -0.2) is 0 Å². The van der Waals surface area contributed by atoms with Crippen molar-refractivity contribution in [3.63, 3.8) is 0 Å². The number of Topliss-reactive ketones (excluding diaryl/α,β-unsaturated/α-hetero) is 1. The molecule has 0 aromatic heterocycles. The van der Waals surface area contributed by atoms with E-state index in [0.29, 0.717) is 13.0 Å². The SMILES string of the molecule is CCOC(=O)CC(=O)CCCCCCCCCCCOC1CCCCO1. The third-order valence-electron chi connectivity index (χ3n) is 4.69. The molecule has 0 bridgehead atoms. The van der Waals surface area contributed by atoms with Gasteiger partial charge in [-0.05, 0) is 39.0 Å². The van der Waals surface area contributed by atoms with Crippen LogP contribution in [0.15, 0.2) is 0 Å². The fourth-order valence-corrected chi connectivity index (χ4v) is 3.18. The zero-order valence-corrected chi connectivity index (χ0v) is 16.6. The Bertz CT molecular complexity index is 363. The molecule has 0 aromatic carbocycles. The molecule has 0 saturated carbocycles. The highest BCUT2D eigenvalue weighted by Crippen LogP contribution is 2.15. The number of unbranched alkanes of at least 4 members (excludes halogenated alkanes) is 8. The van der Waals surface area contributed by atoms with Crippen molar-refractivity contribution in [1.29, 1.82) is 0 Å². The monoisotopic (exact) mass is 370 g/mol. The van der Waals surface area contributed by atoms with Gasteiger partial charge in [-0.2, -0.15) is 0 Å². The summed E-state index contributed by atoms with van der Waals surface area (Å²) >= 11 is 0. The van der Waals surface area contributed by atoms with Crippen molar-refractivity contribution < 1.29 is 23.8 Å². The Morgan fingerprint density at radius 3 is 2.19 bits per heavy atom. The number of ether oxygens (including phenoxy) is 3. The maximum absolute atomic E-state index is 11.6. The summed E-state index contributed by atoms with van der Waals surface area (Å²) < 4.78 is 16.1. The third-order valence-corrected chi connectivity index (χ3v) is 4.69. The lowest BCUT2D eigenvalue weighted by atomic mass is 10.0. The Labute approximate surface area is 159 Å². The summed E-state index contributed by atoms with van der Waals surface area (Å²) in [4.78, 5) is 22.7. The van der Waals surface area contributed by atoms with Crippen LogP contribution in [0, 0.1) is 0 Å². The summed E-state index contributed by atoms with van der Waals surface area (Å²) in [5, 5.41) is 0. The molecular weight excluding hydrogens is 332 g/mol. The van der Waals surface area contributed by atoms with Gasteiger partial charge < -0.3 is 14.2 Å². The van der Waals surface area contributed by atoms with Gasteiger partial charge in [-0.1, -0.05) is 44.9 Å². The van der Waals surface area contributed by atoms with Crippen molar-refractivity contribution >= 4 is 11.8 Å². The first kappa shape index (κ1) is 23.1. The quantitative estimate of drug-likeness (QED) is 0.218. The molecule has 1 aliphatic heterocycles. The minimum atomic E-state index is -0.394. The van der Waals surface area contributed by atoms with Crippen molar-refractivity contribution in [2.24, 2.45) is 0 Å². The van der Waals surface area contributed by atoms with Gasteiger partial charge in [0, 0.05) is 19.6 Å². The summed E-state index contributed by atoms with van der Waals surface area (Å²) in [6.07, 6.45) is 14.5. The number of hydrogen-bond acceptors (Lipinski definition) is 5. The smallest absolute Gasteiger partial charge is 0.313 e. The summed E-state index contributed by atoms with van der Waals surface area (Å²) in [6.45, 7) is 3.77. The number of ketones is 1. The molecule has 5 nitrogen and oxygen atoms in total. The van der Waals surface area contributed by atoms with Gasteiger partial charge in [0.05, 0.1) is 6.61 Å². The molecule has 0 spiro atoms. The molecule has 1 atom stereocenters. The Morgan fingerprint density at radius 1 is 0.923 bits per heavy atom. The molecule has 26 heavy (non-hydrogen) atoms. The molecule has 1 aliphatic rings. The van der Waals surface area contributed by atoms with E-state index in [-0.39, 0.29) is 18.5 Å². The Balaban J connectivity index is 1.76. The summed E-state index contributed by atoms with van der Waals surface area (Å²) in [7, 11) is 0. The Hall–Kier alpha value is -0.940. The van der Waals surface area contributed by atoms with E-state index in [2.05, 4.69) is 0 Å². The van der Waals surface area contributed by atoms with E-state index in [9.17, 15) is 9.59 Å². The molecule has 0 radical (unpaired) electrons. The average molecular weight is 371 g/mol. The number of hydrogen-bond donors (Lipinski definition) is 0. The highest BCUT2D eigenvalue weighted by Gasteiger charge is 2.13. The molecule has 1 heterocycles. The predicted molar refractivity (Wildman–Crippen MR) is 102 cm³/mol. The number of esters is 1. The summed E-state index contributed by atoms with van der Waals surface area (Å²) in [5.41, 5.74) is 0. The van der Waals surface area contributed by atoms with Crippen LogP contribution in [-0.4, -0.2) is 37.9 Å². The van der Waals surface area contributed by atoms with Gasteiger partial charge in [0.15, 0.2) is 6.29 Å². The van der Waals surface area contributed by atoms with Crippen molar-refractivity contribution in [2.75, 3.05) is 19.8 Å². The van der Waals surface area contributed by atoms with Crippen molar-refractivity contribution in [2.45, 2.75) is 103 Å². The lowest BCUT2D eigenvalue weighted by Crippen LogP contribution is -2.22. The van der Waals surface area contributed by atoms with Crippen LogP contribution in [0.1, 0.15) is 96.8 Å². The predicted octanol–water partition coefficient (Wildman–Crippen LogP) is 4.95. The summed E-state index contributed by atoms with van der Waals surface area (Å²) in [5.74, 6) is -0.390. The van der Waals surface area contributed by atoms with E-state index in [1.54, 1.807) is 6.92 Å². The van der Waals surface area contributed by atoms with Gasteiger partial charge in [0.25, 0.3) is 0 Å². The molecule has 0 amide bonds. The second-order valence-electron chi connectivity index (χ2n) is 7.12. The first-order chi connectivity index (χ1) is 12.7. The standard InChI is InChI=1S/C21H38O5/c1-2-24-20(23)18-19(22)14-10-8-6-4-3-5-7-9-12-16-25-21-15-11-13-17-26-21/h21H,2-18H2,1H3. The second-order valence-corrected chi connectivity index (χ2v) is 7.12. The van der Waals surface area contributed by atoms with Crippen LogP contribution >= 0.6 is 0 Å². The van der Waals surface area contributed by atoms with Crippen molar-refractivity contribution in [1.82, 2.24) is 0 Å². The van der Waals surface area contributed by atoms with Gasteiger partial charge in [0.2, 0.25) is 0 Å². The molecule has 1 rings (SSSR count). The normalized spacial score (nSPS) is 17.2. The van der Waals surface area contributed by atoms with Crippen LogP contribution < -0.4 is 0 Å². The Morgan fingerprint density at radius 2 is 1.58 bits per heavy atom. The van der Waals surface area contributed by atoms with Gasteiger partial charge in [0.1, 0.15) is 12.2 Å². The molecule has 5 heteroatoms. The zero-order valence-electron chi connectivity index (χ0n) is 16.6. The van der Waals surface area contributed by atoms with Crippen LogP contribution in [0.25, 0.3) is 0 Å². The zero-order chi connectivity index (χ0) is 18.9. The first-order valence-electron chi connectivity index (χ1n) is 10.6. The first-order valence-corrected chi connectivity index (χ1v) is 10.6. The van der Waals surface area contributed by atoms with Crippen LogP contribution in [0.2, 0.25) is 0 Å². The van der Waals surface area contributed by atoms with E-state index in [1.807, 2.05) is 0 Å². The average Bonchev–Trinajstić information content (AvgIpc) is 2.63. The maximum atomic E-state index is 11.6. The number of carbonyl (C=O) groups is 2. The largest absolute Gasteiger partial charge is 0.466 e. The molecule has 0 aliphatic carbocycles. The molecule has 1 saturated heterocycles. The minimum Gasteiger partial charge on any atom is -0.466 e. The number of carbonyl (C=O) groups excluding carboxylic acids is 2. The topological polar surface area (TPSA) is 61.8 Å². The Kier molecular flexibility index (Phi) is 14.4. The van der Waals surface area contributed by atoms with Gasteiger partial charge >= 0.3 is 5.97 Å². The summed E-state index contributed by atoms with van der Waals surface area (Å²) in [6, 6.07) is 0. The molecule has 1 unspecified atom stereocenters. The highest BCUT2D eigenvalue weighted by atomic mass is 16.7. The van der Waals surface area contributed by atoms with E-state index < -0.39 is 5.97 Å². The van der Waals surface area contributed by atoms with Crippen LogP contribution in [-0.2, 0) is 23.8 Å². The van der Waals surface area contributed by atoms with Crippen molar-refractivity contribution in [3.05, 3.63) is 0 Å². The molecule has 0 aromatic rings. The number of rotatable bonds is 16. The van der Waals surface area contributed by atoms with E-state index in [4.69, 9.17) is 14.2 Å². The van der Waals surface area contributed by atoms with Crippen molar-refractivity contribution in [3.8, 4) is 0 Å². The maximum Gasteiger partial charge on any atom is 0.313 e. The minimum absolute atomic E-state index is 0.00398. The van der Waals surface area contributed by atoms with Crippen LogP contribution in [0.3, 0.4) is 0 Å². The molecular formula is C21H38O5.